The number of benzene rings is 2. The average molecular weight is 518 g/mol. The first-order valence-electron chi connectivity index (χ1n) is 13.6. The summed E-state index contributed by atoms with van der Waals surface area (Å²) in [6.07, 6.45) is 1.52. The molecule has 2 aromatic carbocycles. The number of likely N-dealkylation sites (tertiary alicyclic amines) is 1. The van der Waals surface area contributed by atoms with Gasteiger partial charge in [-0.2, -0.15) is 0 Å². The van der Waals surface area contributed by atoms with Gasteiger partial charge in [-0.15, -0.1) is 0 Å². The molecule has 0 saturated carbocycles. The predicted molar refractivity (Wildman–Crippen MR) is 144 cm³/mol. The van der Waals surface area contributed by atoms with E-state index in [2.05, 4.69) is 41.2 Å². The van der Waals surface area contributed by atoms with Crippen molar-refractivity contribution in [2.75, 3.05) is 13.1 Å². The van der Waals surface area contributed by atoms with Gasteiger partial charge in [-0.25, -0.2) is 13.9 Å². The molecule has 3 heterocycles. The minimum Gasteiger partial charge on any atom is -0.444 e. The molecule has 200 valence electrons. The Hall–Kier alpha value is -3.68. The van der Waals surface area contributed by atoms with Crippen LogP contribution in [-0.2, 0) is 24.4 Å². The van der Waals surface area contributed by atoms with E-state index in [9.17, 15) is 14.4 Å². The Labute approximate surface area is 223 Å². The summed E-state index contributed by atoms with van der Waals surface area (Å²) in [4.78, 5) is 41.8. The van der Waals surface area contributed by atoms with Crippen molar-refractivity contribution in [2.24, 2.45) is 0 Å². The van der Waals surface area contributed by atoms with Crippen LogP contribution in [0.5, 0.6) is 0 Å². The molecule has 1 saturated heterocycles. The molecule has 5 rings (SSSR count). The molecule has 2 aliphatic heterocycles. The van der Waals surface area contributed by atoms with Gasteiger partial charge in [0.25, 0.3) is 17.6 Å². The molecule has 8 nitrogen and oxygen atoms in total. The highest BCUT2D eigenvalue weighted by molar-refractivity contribution is 6.21. The standard InChI is InChI=1S/C30H37N4O4/c1-6-32-24-13-12-21(20-14-16-31(17-15-20)29(37)38-30(3,4)5)18-25(24)33(7-2)26(32)19-34-27(35)22-10-8-9-11-23(22)28(34)36/h8-13,18,20H,6-7,14-17,19H2,1-5H3/q+1. The van der Waals surface area contributed by atoms with Crippen LogP contribution >= 0.6 is 0 Å². The zero-order valence-electron chi connectivity index (χ0n) is 23.0. The number of nitrogens with zero attached hydrogens (tertiary/aromatic N) is 4. The van der Waals surface area contributed by atoms with Crippen LogP contribution in [0.4, 0.5) is 4.79 Å². The first kappa shape index (κ1) is 25.9. The van der Waals surface area contributed by atoms with Crippen molar-refractivity contribution in [2.45, 2.75) is 78.6 Å². The molecule has 3 aromatic rings. The van der Waals surface area contributed by atoms with E-state index in [0.717, 1.165) is 42.8 Å². The number of hydrogen-bond acceptors (Lipinski definition) is 4. The summed E-state index contributed by atoms with van der Waals surface area (Å²) in [5.74, 6) is 0.821. The fraction of sp³-hybridized carbons (Fsp3) is 0.467. The van der Waals surface area contributed by atoms with Gasteiger partial charge in [-0.05, 0) is 83.2 Å². The molecule has 1 aromatic heterocycles. The Morgan fingerprint density at radius 3 is 2.18 bits per heavy atom. The number of fused-ring (bicyclic) bond motifs is 2. The molecule has 0 radical (unpaired) electrons. The Morgan fingerprint density at radius 1 is 1.00 bits per heavy atom. The highest BCUT2D eigenvalue weighted by Gasteiger charge is 2.38. The quantitative estimate of drug-likeness (QED) is 0.357. The van der Waals surface area contributed by atoms with E-state index in [4.69, 9.17) is 4.74 Å². The van der Waals surface area contributed by atoms with Crippen LogP contribution in [-0.4, -0.2) is 51.0 Å². The number of aromatic nitrogens is 2. The molecule has 38 heavy (non-hydrogen) atoms. The van der Waals surface area contributed by atoms with Crippen LogP contribution in [0.25, 0.3) is 11.0 Å². The van der Waals surface area contributed by atoms with Crippen LogP contribution in [0.1, 0.15) is 85.5 Å². The first-order valence-corrected chi connectivity index (χ1v) is 13.6. The normalized spacial score (nSPS) is 16.4. The fourth-order valence-electron chi connectivity index (χ4n) is 5.79. The van der Waals surface area contributed by atoms with Crippen molar-refractivity contribution in [3.63, 3.8) is 0 Å². The monoisotopic (exact) mass is 517 g/mol. The third kappa shape index (κ3) is 4.57. The summed E-state index contributed by atoms with van der Waals surface area (Å²) in [5, 5.41) is 0. The van der Waals surface area contributed by atoms with Crippen LogP contribution in [0, 0.1) is 0 Å². The number of piperidine rings is 1. The Bertz CT molecular complexity index is 1370. The summed E-state index contributed by atoms with van der Waals surface area (Å²) in [7, 11) is 0. The number of carbonyl (C=O) groups excluding carboxylic acids is 3. The van der Waals surface area contributed by atoms with E-state index in [1.165, 1.54) is 10.5 Å². The van der Waals surface area contributed by atoms with Gasteiger partial charge in [0.15, 0.2) is 11.0 Å². The second-order valence-corrected chi connectivity index (χ2v) is 11.1. The van der Waals surface area contributed by atoms with E-state index in [1.54, 1.807) is 29.2 Å². The maximum atomic E-state index is 13.1. The van der Waals surface area contributed by atoms with Crippen molar-refractivity contribution in [1.82, 2.24) is 14.4 Å². The molecular weight excluding hydrogens is 480 g/mol. The Morgan fingerprint density at radius 2 is 1.63 bits per heavy atom. The molecule has 0 spiro atoms. The van der Waals surface area contributed by atoms with Gasteiger partial charge in [0.05, 0.1) is 24.2 Å². The second-order valence-electron chi connectivity index (χ2n) is 11.1. The SMILES string of the molecule is CCn1c(CN2C(=O)c3ccccc3C2=O)[n+](CC)c2ccc(C3CCN(C(=O)OC(C)(C)C)CC3)cc21. The maximum Gasteiger partial charge on any atom is 0.410 e. The minimum absolute atomic E-state index is 0.228. The van der Waals surface area contributed by atoms with E-state index in [-0.39, 0.29) is 24.5 Å². The Kier molecular flexibility index (Phi) is 6.75. The molecule has 2 aliphatic rings. The molecule has 0 unspecified atom stereocenters. The molecule has 0 bridgehead atoms. The lowest BCUT2D eigenvalue weighted by Gasteiger charge is -2.33. The largest absolute Gasteiger partial charge is 0.444 e. The Balaban J connectivity index is 1.41. The molecule has 0 N–H and O–H groups in total. The zero-order valence-corrected chi connectivity index (χ0v) is 23.0. The van der Waals surface area contributed by atoms with Crippen molar-refractivity contribution < 1.29 is 23.7 Å². The number of rotatable bonds is 5. The van der Waals surface area contributed by atoms with Gasteiger partial charge in [-0.3, -0.25) is 14.5 Å². The predicted octanol–water partition coefficient (Wildman–Crippen LogP) is 4.88. The zero-order chi connectivity index (χ0) is 27.2. The number of imide groups is 1. The highest BCUT2D eigenvalue weighted by atomic mass is 16.6. The van der Waals surface area contributed by atoms with Gasteiger partial charge in [-0.1, -0.05) is 18.2 Å². The molecule has 0 atom stereocenters. The van der Waals surface area contributed by atoms with Gasteiger partial charge < -0.3 is 9.64 Å². The smallest absolute Gasteiger partial charge is 0.410 e. The van der Waals surface area contributed by atoms with E-state index < -0.39 is 5.60 Å². The van der Waals surface area contributed by atoms with Crippen molar-refractivity contribution in [1.29, 1.82) is 0 Å². The summed E-state index contributed by atoms with van der Waals surface area (Å²) in [5.41, 5.74) is 3.90. The summed E-state index contributed by atoms with van der Waals surface area (Å²) in [6.45, 7) is 12.9. The lowest BCUT2D eigenvalue weighted by Crippen LogP contribution is -2.41. The van der Waals surface area contributed by atoms with E-state index in [0.29, 0.717) is 30.1 Å². The fourth-order valence-corrected chi connectivity index (χ4v) is 5.79. The summed E-state index contributed by atoms with van der Waals surface area (Å²) in [6, 6.07) is 13.6. The van der Waals surface area contributed by atoms with Crippen LogP contribution in [0.15, 0.2) is 42.5 Å². The lowest BCUT2D eigenvalue weighted by atomic mass is 9.89. The van der Waals surface area contributed by atoms with Crippen LogP contribution in [0.3, 0.4) is 0 Å². The number of hydrogen-bond donors (Lipinski definition) is 0. The topological polar surface area (TPSA) is 75.7 Å². The number of carbonyl (C=O) groups is 3. The number of amides is 3. The first-order chi connectivity index (χ1) is 18.1. The van der Waals surface area contributed by atoms with Gasteiger partial charge >= 0.3 is 6.09 Å². The third-order valence-electron chi connectivity index (χ3n) is 7.63. The number of aryl methyl sites for hydroxylation is 2. The molecule has 1 fully saturated rings. The van der Waals surface area contributed by atoms with Gasteiger partial charge in [0, 0.05) is 13.1 Å². The van der Waals surface area contributed by atoms with E-state index >= 15 is 0 Å². The van der Waals surface area contributed by atoms with E-state index in [1.807, 2.05) is 20.8 Å². The van der Waals surface area contributed by atoms with Gasteiger partial charge in [0.2, 0.25) is 0 Å². The van der Waals surface area contributed by atoms with Crippen molar-refractivity contribution in [3.8, 4) is 0 Å². The summed E-state index contributed by atoms with van der Waals surface area (Å²) >= 11 is 0. The van der Waals surface area contributed by atoms with Crippen molar-refractivity contribution in [3.05, 3.63) is 65.0 Å². The van der Waals surface area contributed by atoms with Crippen LogP contribution < -0.4 is 4.57 Å². The minimum atomic E-state index is -0.496. The third-order valence-corrected chi connectivity index (χ3v) is 7.63. The van der Waals surface area contributed by atoms with Crippen LogP contribution in [0.2, 0.25) is 0 Å². The molecule has 0 aliphatic carbocycles. The number of imidazole rings is 1. The number of ether oxygens (including phenoxy) is 1. The molecule has 8 heteroatoms. The molecule has 3 amide bonds. The van der Waals surface area contributed by atoms with Crippen molar-refractivity contribution >= 4 is 28.9 Å². The second kappa shape index (κ2) is 9.89. The summed E-state index contributed by atoms with van der Waals surface area (Å²) < 4.78 is 9.98. The van der Waals surface area contributed by atoms with Gasteiger partial charge in [0.1, 0.15) is 12.1 Å². The maximum absolute atomic E-state index is 13.1. The lowest BCUT2D eigenvalue weighted by molar-refractivity contribution is -0.677. The molecular formula is C30H37N4O4+. The highest BCUT2D eigenvalue weighted by Crippen LogP contribution is 2.32. The average Bonchev–Trinajstić information content (AvgIpc) is 3.33.